The number of hydrogen-bond donors (Lipinski definition) is 2. The number of hydrazone groups is 1. The predicted octanol–water partition coefficient (Wildman–Crippen LogP) is 2.58. The summed E-state index contributed by atoms with van der Waals surface area (Å²) in [4.78, 5) is 37.2. The van der Waals surface area contributed by atoms with Gasteiger partial charge in [-0.15, -0.1) is 0 Å². The van der Waals surface area contributed by atoms with Gasteiger partial charge in [-0.25, -0.2) is 20.2 Å². The smallest absolute Gasteiger partial charge is 0.341 e. The summed E-state index contributed by atoms with van der Waals surface area (Å²) in [5.74, 6) is -1.01. The Morgan fingerprint density at radius 1 is 1.24 bits per heavy atom. The molecule has 1 aliphatic heterocycles. The number of carbonyl (C=O) groups is 2. The summed E-state index contributed by atoms with van der Waals surface area (Å²) >= 11 is 0. The summed E-state index contributed by atoms with van der Waals surface area (Å²) < 4.78 is 5.22. The van der Waals surface area contributed by atoms with Crippen molar-refractivity contribution < 1.29 is 14.3 Å². The first-order valence-corrected chi connectivity index (χ1v) is 9.20. The van der Waals surface area contributed by atoms with Crippen molar-refractivity contribution in [1.82, 2.24) is 15.3 Å². The third-order valence-electron chi connectivity index (χ3n) is 4.20. The Hall–Kier alpha value is -3.62. The van der Waals surface area contributed by atoms with E-state index in [9.17, 15) is 9.59 Å². The van der Waals surface area contributed by atoms with Crippen LogP contribution in [0.2, 0.25) is 0 Å². The number of anilines is 1. The number of carbonyl (C=O) groups excluding carboxylic acids is 2. The molecular weight excluding hydrogens is 372 g/mol. The Balaban J connectivity index is 1.89. The van der Waals surface area contributed by atoms with Crippen molar-refractivity contribution in [2.75, 3.05) is 12.0 Å². The lowest BCUT2D eigenvalue weighted by Crippen LogP contribution is -2.45. The molecule has 1 aromatic heterocycles. The Morgan fingerprint density at radius 2 is 1.93 bits per heavy atom. The molecule has 0 radical (unpaired) electrons. The maximum absolute atomic E-state index is 12.7. The van der Waals surface area contributed by atoms with Crippen molar-refractivity contribution in [2.45, 2.75) is 26.8 Å². The van der Waals surface area contributed by atoms with Crippen LogP contribution in [0.4, 0.5) is 10.7 Å². The number of nitrogens with zero attached hydrogens (tertiary/aromatic N) is 4. The van der Waals surface area contributed by atoms with Crippen LogP contribution in [-0.2, 0) is 9.53 Å². The van der Waals surface area contributed by atoms with E-state index >= 15 is 0 Å². The van der Waals surface area contributed by atoms with E-state index in [1.807, 2.05) is 50.2 Å². The van der Waals surface area contributed by atoms with Gasteiger partial charge in [0.25, 0.3) is 0 Å². The maximum Gasteiger partial charge on any atom is 0.341 e. The predicted molar refractivity (Wildman–Crippen MR) is 109 cm³/mol. The molecule has 1 aromatic carbocycles. The first-order chi connectivity index (χ1) is 14.0. The van der Waals surface area contributed by atoms with E-state index in [1.54, 1.807) is 6.92 Å². The molecule has 0 fully saturated rings. The number of benzene rings is 1. The summed E-state index contributed by atoms with van der Waals surface area (Å²) in [5.41, 5.74) is 5.26. The molecule has 2 atom stereocenters. The van der Waals surface area contributed by atoms with Crippen LogP contribution in [0.1, 0.15) is 29.9 Å². The number of amides is 2. The SMILES string of the molecule is CCOC(=O)C1C(/C=N\Nc2nc(C)cc(C)n2)=NC(=O)NC1c1ccccc1. The average Bonchev–Trinajstić information content (AvgIpc) is 2.67. The fourth-order valence-electron chi connectivity index (χ4n) is 3.07. The Morgan fingerprint density at radius 3 is 2.59 bits per heavy atom. The lowest BCUT2D eigenvalue weighted by molar-refractivity contribution is -0.146. The maximum atomic E-state index is 12.7. The molecule has 2 unspecified atom stereocenters. The second-order valence-corrected chi connectivity index (χ2v) is 6.45. The zero-order valence-electron chi connectivity index (χ0n) is 16.4. The number of nitrogens with one attached hydrogen (secondary N) is 2. The normalized spacial score (nSPS) is 18.9. The molecule has 1 aliphatic rings. The average molecular weight is 394 g/mol. The molecule has 9 nitrogen and oxygen atoms in total. The van der Waals surface area contributed by atoms with Crippen molar-refractivity contribution in [1.29, 1.82) is 0 Å². The lowest BCUT2D eigenvalue weighted by Gasteiger charge is -2.29. The van der Waals surface area contributed by atoms with E-state index in [0.717, 1.165) is 17.0 Å². The molecular formula is C20H22N6O3. The van der Waals surface area contributed by atoms with Crippen LogP contribution < -0.4 is 10.7 Å². The Bertz CT molecular complexity index is 938. The zero-order chi connectivity index (χ0) is 20.8. The van der Waals surface area contributed by atoms with Crippen molar-refractivity contribution >= 4 is 29.9 Å². The van der Waals surface area contributed by atoms with Crippen LogP contribution >= 0.6 is 0 Å². The number of ether oxygens (including phenoxy) is 1. The molecule has 29 heavy (non-hydrogen) atoms. The molecule has 9 heteroatoms. The molecule has 150 valence electrons. The zero-order valence-corrected chi connectivity index (χ0v) is 16.4. The molecule has 0 aliphatic carbocycles. The monoisotopic (exact) mass is 394 g/mol. The van der Waals surface area contributed by atoms with Gasteiger partial charge in [-0.2, -0.15) is 10.1 Å². The molecule has 3 rings (SSSR count). The second kappa shape index (κ2) is 9.05. The fourth-order valence-corrected chi connectivity index (χ4v) is 3.07. The summed E-state index contributed by atoms with van der Waals surface area (Å²) in [5, 5.41) is 6.83. The number of aliphatic imine (C=N–C) groups is 1. The molecule has 0 saturated carbocycles. The van der Waals surface area contributed by atoms with Gasteiger partial charge < -0.3 is 10.1 Å². The van der Waals surface area contributed by atoms with Crippen molar-refractivity contribution in [3.63, 3.8) is 0 Å². The molecule has 2 amide bonds. The fraction of sp³-hybridized carbons (Fsp3) is 0.300. The number of urea groups is 1. The minimum absolute atomic E-state index is 0.193. The standard InChI is InChI=1S/C20H22N6O3/c1-4-29-18(27)16-15(11-21-26-19-22-12(2)10-13(3)23-19)24-20(28)25-17(16)14-8-6-5-7-9-14/h5-11,16-17H,4H2,1-3H3,(H,25,28)(H,22,23,26)/b21-11-. The van der Waals surface area contributed by atoms with E-state index in [4.69, 9.17) is 4.74 Å². The van der Waals surface area contributed by atoms with Crippen LogP contribution in [0.25, 0.3) is 0 Å². The molecule has 0 saturated heterocycles. The van der Waals surface area contributed by atoms with Crippen LogP contribution in [0.3, 0.4) is 0 Å². The summed E-state index contributed by atoms with van der Waals surface area (Å²) in [7, 11) is 0. The van der Waals surface area contributed by atoms with Crippen LogP contribution in [0, 0.1) is 19.8 Å². The van der Waals surface area contributed by atoms with E-state index in [-0.39, 0.29) is 12.3 Å². The first-order valence-electron chi connectivity index (χ1n) is 9.20. The van der Waals surface area contributed by atoms with Gasteiger partial charge >= 0.3 is 12.0 Å². The Labute approximate surface area is 168 Å². The highest BCUT2D eigenvalue weighted by Gasteiger charge is 2.39. The Kier molecular flexibility index (Phi) is 6.28. The van der Waals surface area contributed by atoms with Gasteiger partial charge in [0, 0.05) is 11.4 Å². The largest absolute Gasteiger partial charge is 0.465 e. The number of rotatable bonds is 6. The number of aromatic nitrogens is 2. The third-order valence-corrected chi connectivity index (χ3v) is 4.20. The topological polar surface area (TPSA) is 118 Å². The minimum Gasteiger partial charge on any atom is -0.465 e. The van der Waals surface area contributed by atoms with Gasteiger partial charge in [-0.05, 0) is 32.4 Å². The van der Waals surface area contributed by atoms with Gasteiger partial charge in [0.1, 0.15) is 5.92 Å². The summed E-state index contributed by atoms with van der Waals surface area (Å²) in [6.45, 7) is 5.63. The minimum atomic E-state index is -0.833. The highest BCUT2D eigenvalue weighted by Crippen LogP contribution is 2.27. The number of esters is 1. The summed E-state index contributed by atoms with van der Waals surface area (Å²) in [6.07, 6.45) is 1.33. The molecule has 0 bridgehead atoms. The highest BCUT2D eigenvalue weighted by molar-refractivity contribution is 6.38. The molecule has 0 spiro atoms. The lowest BCUT2D eigenvalue weighted by atomic mass is 9.88. The van der Waals surface area contributed by atoms with Gasteiger partial charge in [0.15, 0.2) is 0 Å². The van der Waals surface area contributed by atoms with E-state index in [1.165, 1.54) is 6.21 Å². The van der Waals surface area contributed by atoms with Crippen molar-refractivity contribution in [3.8, 4) is 0 Å². The third kappa shape index (κ3) is 5.01. The summed E-state index contributed by atoms with van der Waals surface area (Å²) in [6, 6.07) is 9.87. The van der Waals surface area contributed by atoms with Crippen LogP contribution in [0.15, 0.2) is 46.5 Å². The molecule has 2 N–H and O–H groups in total. The van der Waals surface area contributed by atoms with Crippen LogP contribution in [0.5, 0.6) is 0 Å². The first kappa shape index (κ1) is 20.1. The number of aryl methyl sites for hydroxylation is 2. The molecule has 2 heterocycles. The van der Waals surface area contributed by atoms with E-state index in [2.05, 4.69) is 30.8 Å². The van der Waals surface area contributed by atoms with Gasteiger partial charge in [-0.3, -0.25) is 4.79 Å². The van der Waals surface area contributed by atoms with Crippen LogP contribution in [-0.4, -0.2) is 40.5 Å². The van der Waals surface area contributed by atoms with E-state index < -0.39 is 24.0 Å². The molecule has 2 aromatic rings. The van der Waals surface area contributed by atoms with Gasteiger partial charge in [-0.1, -0.05) is 30.3 Å². The van der Waals surface area contributed by atoms with Gasteiger partial charge in [0.2, 0.25) is 5.95 Å². The quantitative estimate of drug-likeness (QED) is 0.442. The van der Waals surface area contributed by atoms with E-state index in [0.29, 0.717) is 5.95 Å². The van der Waals surface area contributed by atoms with Gasteiger partial charge in [0.05, 0.1) is 24.6 Å². The van der Waals surface area contributed by atoms with Crippen molar-refractivity contribution in [3.05, 3.63) is 53.3 Å². The number of hydrogen-bond acceptors (Lipinski definition) is 7. The second-order valence-electron chi connectivity index (χ2n) is 6.45. The van der Waals surface area contributed by atoms with Crippen molar-refractivity contribution in [2.24, 2.45) is 16.0 Å². The highest BCUT2D eigenvalue weighted by atomic mass is 16.5.